The van der Waals surface area contributed by atoms with Gasteiger partial charge < -0.3 is 9.84 Å². The fourth-order valence-electron chi connectivity index (χ4n) is 13.2. The van der Waals surface area contributed by atoms with E-state index in [1.165, 1.54) is 24.0 Å². The van der Waals surface area contributed by atoms with E-state index in [0.717, 1.165) is 62.8 Å². The number of halogens is 1. The zero-order valence-corrected chi connectivity index (χ0v) is 33.1. The average molecular weight is 707 g/mol. The van der Waals surface area contributed by atoms with Crippen molar-refractivity contribution in [1.82, 2.24) is 0 Å². The van der Waals surface area contributed by atoms with Crippen LogP contribution in [0.15, 0.2) is 35.4 Å². The van der Waals surface area contributed by atoms with Crippen LogP contribution in [0.2, 0.25) is 5.02 Å². The summed E-state index contributed by atoms with van der Waals surface area (Å²) in [4.78, 5) is 38.8. The first-order valence-corrected chi connectivity index (χ1v) is 20.0. The molecule has 0 saturated heterocycles. The van der Waals surface area contributed by atoms with Gasteiger partial charge in [0.05, 0.1) is 11.8 Å². The normalized spacial score (nSPS) is 37.9. The number of rotatable bonds is 9. The third kappa shape index (κ3) is 5.83. The number of Topliss-reactive ketones (excluding diaryl/α,β-unsaturated/α-hetero) is 1. The summed E-state index contributed by atoms with van der Waals surface area (Å²) in [5, 5.41) is 10.4. The summed E-state index contributed by atoms with van der Waals surface area (Å²) in [6, 6.07) is 8.26. The van der Waals surface area contributed by atoms with Crippen molar-refractivity contribution < 1.29 is 24.2 Å². The third-order valence-electron chi connectivity index (χ3n) is 16.0. The van der Waals surface area contributed by atoms with Crippen molar-refractivity contribution in [3.8, 4) is 0 Å². The van der Waals surface area contributed by atoms with E-state index in [2.05, 4.69) is 60.6 Å². The lowest BCUT2D eigenvalue weighted by molar-refractivity contribution is -0.233. The highest BCUT2D eigenvalue weighted by molar-refractivity contribution is 6.30. The van der Waals surface area contributed by atoms with Crippen molar-refractivity contribution in [3.63, 3.8) is 0 Å². The molecule has 0 spiro atoms. The van der Waals surface area contributed by atoms with Crippen LogP contribution in [0.4, 0.5) is 0 Å². The van der Waals surface area contributed by atoms with E-state index in [9.17, 15) is 19.5 Å². The summed E-state index contributed by atoms with van der Waals surface area (Å²) in [5.41, 5.74) is 3.11. The number of carboxylic acid groups (broad SMARTS) is 1. The summed E-state index contributed by atoms with van der Waals surface area (Å²) >= 11 is 6.17. The first-order valence-electron chi connectivity index (χ1n) is 19.7. The number of aryl methyl sites for hydroxylation is 1. The minimum absolute atomic E-state index is 0.00325. The maximum absolute atomic E-state index is 14.0. The molecule has 0 amide bonds. The zero-order chi connectivity index (χ0) is 36.7. The number of aliphatic carboxylic acids is 1. The molecule has 5 aliphatic rings. The molecule has 8 atom stereocenters. The van der Waals surface area contributed by atoms with Crippen LogP contribution in [0.25, 0.3) is 0 Å². The van der Waals surface area contributed by atoms with Crippen molar-refractivity contribution in [3.05, 3.63) is 46.0 Å². The number of benzene rings is 1. The molecule has 0 aromatic heterocycles. The predicted molar refractivity (Wildman–Crippen MR) is 200 cm³/mol. The summed E-state index contributed by atoms with van der Waals surface area (Å²) in [7, 11) is 0. The second-order valence-electron chi connectivity index (χ2n) is 19.7. The maximum Gasteiger partial charge on any atom is 0.309 e. The van der Waals surface area contributed by atoms with Crippen LogP contribution in [0, 0.1) is 56.2 Å². The Morgan fingerprint density at radius 3 is 2.24 bits per heavy atom. The van der Waals surface area contributed by atoms with E-state index in [1.807, 2.05) is 12.1 Å². The number of hydrogen-bond acceptors (Lipinski definition) is 4. The molecular weight excluding hydrogens is 644 g/mol. The molecule has 1 aromatic rings. The Kier molecular flexibility index (Phi) is 9.60. The molecule has 1 N–H and O–H groups in total. The molecule has 0 aliphatic heterocycles. The second kappa shape index (κ2) is 12.8. The van der Waals surface area contributed by atoms with Gasteiger partial charge in [0, 0.05) is 16.9 Å². The molecule has 276 valence electrons. The van der Waals surface area contributed by atoms with E-state index in [4.69, 9.17) is 16.3 Å². The van der Waals surface area contributed by atoms with Gasteiger partial charge in [0.25, 0.3) is 0 Å². The Hall–Kier alpha value is -2.14. The lowest BCUT2D eigenvalue weighted by Gasteiger charge is -2.72. The van der Waals surface area contributed by atoms with Crippen molar-refractivity contribution in [2.24, 2.45) is 56.2 Å². The number of ether oxygens (including phenoxy) is 1. The molecule has 6 heteroatoms. The van der Waals surface area contributed by atoms with Crippen LogP contribution >= 0.6 is 11.6 Å². The van der Waals surface area contributed by atoms with Gasteiger partial charge in [-0.1, -0.05) is 77.8 Å². The van der Waals surface area contributed by atoms with Crippen LogP contribution in [0.3, 0.4) is 0 Å². The lowest BCUT2D eigenvalue weighted by Crippen LogP contribution is -2.65. The Morgan fingerprint density at radius 1 is 0.920 bits per heavy atom. The second-order valence-corrected chi connectivity index (χ2v) is 20.1. The number of esters is 1. The molecule has 6 rings (SSSR count). The van der Waals surface area contributed by atoms with Gasteiger partial charge in [-0.05, 0) is 153 Å². The van der Waals surface area contributed by atoms with Crippen LogP contribution in [-0.4, -0.2) is 28.9 Å². The summed E-state index contributed by atoms with van der Waals surface area (Å²) in [6.07, 6.45) is 12.3. The summed E-state index contributed by atoms with van der Waals surface area (Å²) < 4.78 is 6.18. The minimum Gasteiger partial charge on any atom is -0.481 e. The SMILES string of the molecule is CC(C)C1=C2[C@H]3CC[C@@H]4[C@@]5(C)CC[C@H](OC(=O)CC(C)(C)C(=O)O)C(C)(C)[C@@H]5CC[C@@]4(C)[C@]3(C)CC[C@@]2(CCCc2ccc(Cl)cc2)CC1=O. The molecule has 5 aliphatic carbocycles. The number of ketones is 1. The van der Waals surface area contributed by atoms with Gasteiger partial charge in [-0.2, -0.15) is 0 Å². The topological polar surface area (TPSA) is 80.7 Å². The Labute approximate surface area is 306 Å². The quantitative estimate of drug-likeness (QED) is 0.259. The van der Waals surface area contributed by atoms with Gasteiger partial charge in [0.2, 0.25) is 0 Å². The fraction of sp³-hybridized carbons (Fsp3) is 0.750. The predicted octanol–water partition coefficient (Wildman–Crippen LogP) is 11.1. The fourth-order valence-corrected chi connectivity index (χ4v) is 13.3. The molecule has 0 bridgehead atoms. The Balaban J connectivity index is 1.26. The summed E-state index contributed by atoms with van der Waals surface area (Å²) in [5.74, 6) is 0.714. The van der Waals surface area contributed by atoms with E-state index in [0.29, 0.717) is 30.0 Å². The van der Waals surface area contributed by atoms with Gasteiger partial charge in [-0.3, -0.25) is 14.4 Å². The molecule has 4 saturated carbocycles. The van der Waals surface area contributed by atoms with Gasteiger partial charge in [0.1, 0.15) is 6.10 Å². The van der Waals surface area contributed by atoms with E-state index >= 15 is 0 Å². The molecular formula is C44H63ClO5. The number of allylic oxidation sites excluding steroid dienone is 2. The molecule has 50 heavy (non-hydrogen) atoms. The van der Waals surface area contributed by atoms with Crippen molar-refractivity contribution in [2.75, 3.05) is 0 Å². The molecule has 5 nitrogen and oxygen atoms in total. The average Bonchev–Trinajstić information content (AvgIpc) is 3.32. The van der Waals surface area contributed by atoms with E-state index in [1.54, 1.807) is 19.4 Å². The first-order chi connectivity index (χ1) is 23.2. The third-order valence-corrected chi connectivity index (χ3v) is 16.2. The Morgan fingerprint density at radius 2 is 1.60 bits per heavy atom. The van der Waals surface area contributed by atoms with Crippen LogP contribution < -0.4 is 0 Å². The molecule has 0 unspecified atom stereocenters. The minimum atomic E-state index is -1.14. The van der Waals surface area contributed by atoms with Crippen molar-refractivity contribution in [2.45, 2.75) is 152 Å². The zero-order valence-electron chi connectivity index (χ0n) is 32.3. The van der Waals surface area contributed by atoms with Crippen LogP contribution in [0.1, 0.15) is 145 Å². The maximum atomic E-state index is 14.0. The number of carboxylic acids is 1. The number of hydrogen-bond donors (Lipinski definition) is 1. The van der Waals surface area contributed by atoms with Gasteiger partial charge in [-0.25, -0.2) is 0 Å². The molecule has 0 radical (unpaired) electrons. The lowest BCUT2D eigenvalue weighted by atomic mass is 9.33. The van der Waals surface area contributed by atoms with Crippen molar-refractivity contribution >= 4 is 29.3 Å². The molecule has 0 heterocycles. The Bertz CT molecular complexity index is 1550. The van der Waals surface area contributed by atoms with Gasteiger partial charge >= 0.3 is 11.9 Å². The van der Waals surface area contributed by atoms with Crippen LogP contribution in [-0.2, 0) is 25.5 Å². The molecule has 4 fully saturated rings. The molecule has 1 aromatic carbocycles. The highest BCUT2D eigenvalue weighted by atomic mass is 35.5. The number of carbonyl (C=O) groups excluding carboxylic acids is 2. The smallest absolute Gasteiger partial charge is 0.309 e. The standard InChI is InChI=1S/C44H63ClO5/c1-27(2)36-31(46)25-44(20-10-11-28-12-14-29(45)15-13-28)24-23-42(8)30(37(36)44)16-17-33-41(7)21-19-34(50-35(47)26-39(3,4)38(48)49)40(5,6)32(41)18-22-43(33,42)9/h12-15,27,30,32-34H,10-11,16-26H2,1-9H3,(H,48,49)/t30-,32+,33-,34+,41+,42-,43-,44+/m1/s1. The van der Waals surface area contributed by atoms with E-state index in [-0.39, 0.29) is 45.5 Å². The van der Waals surface area contributed by atoms with Crippen molar-refractivity contribution in [1.29, 1.82) is 0 Å². The first kappa shape index (κ1) is 37.6. The monoisotopic (exact) mass is 706 g/mol. The summed E-state index contributed by atoms with van der Waals surface area (Å²) in [6.45, 7) is 20.1. The number of carbonyl (C=O) groups is 3. The van der Waals surface area contributed by atoms with Gasteiger partial charge in [-0.15, -0.1) is 0 Å². The van der Waals surface area contributed by atoms with Gasteiger partial charge in [0.15, 0.2) is 5.78 Å². The van der Waals surface area contributed by atoms with Crippen LogP contribution in [0.5, 0.6) is 0 Å². The number of fused-ring (bicyclic) bond motifs is 7. The highest BCUT2D eigenvalue weighted by Gasteiger charge is 2.70. The van der Waals surface area contributed by atoms with E-state index < -0.39 is 17.4 Å². The highest BCUT2D eigenvalue weighted by Crippen LogP contribution is 2.77. The largest absolute Gasteiger partial charge is 0.481 e.